The van der Waals surface area contributed by atoms with Gasteiger partial charge in [0.1, 0.15) is 5.70 Å². The first-order chi connectivity index (χ1) is 6.29. The maximum atomic E-state index is 10.4. The van der Waals surface area contributed by atoms with Crippen LogP contribution in [0.15, 0.2) is 23.8 Å². The molecule has 0 bridgehead atoms. The molecule has 0 aromatic heterocycles. The monoisotopic (exact) mass is 180 g/mol. The van der Waals surface area contributed by atoms with Crippen molar-refractivity contribution in [2.45, 2.75) is 19.3 Å². The van der Waals surface area contributed by atoms with Gasteiger partial charge >= 0.3 is 0 Å². The molecule has 2 N–H and O–H groups in total. The Bertz CT molecular complexity index is 279. The Labute approximate surface area is 76.5 Å². The van der Waals surface area contributed by atoms with E-state index in [1.165, 1.54) is 19.0 Å². The van der Waals surface area contributed by atoms with Gasteiger partial charge in [0, 0.05) is 11.9 Å². The van der Waals surface area contributed by atoms with E-state index in [1.54, 1.807) is 6.20 Å². The van der Waals surface area contributed by atoms with E-state index in [4.69, 9.17) is 0 Å². The molecule has 1 aliphatic carbocycles. The summed E-state index contributed by atoms with van der Waals surface area (Å²) in [5.74, 6) is 0.762. The second kappa shape index (κ2) is 3.22. The van der Waals surface area contributed by atoms with Crippen molar-refractivity contribution in [3.05, 3.63) is 23.8 Å². The summed E-state index contributed by atoms with van der Waals surface area (Å²) >= 11 is 0. The minimum atomic E-state index is 0.236. The van der Waals surface area contributed by atoms with Crippen molar-refractivity contribution in [1.29, 1.82) is 0 Å². The highest BCUT2D eigenvalue weighted by molar-refractivity contribution is 5.72. The van der Waals surface area contributed by atoms with Gasteiger partial charge in [0.15, 0.2) is 6.29 Å². The van der Waals surface area contributed by atoms with Crippen molar-refractivity contribution in [1.82, 2.24) is 10.4 Å². The third-order valence-corrected chi connectivity index (χ3v) is 2.27. The van der Waals surface area contributed by atoms with Gasteiger partial charge in [0.2, 0.25) is 0 Å². The first-order valence-corrected chi connectivity index (χ1v) is 4.40. The molecule has 1 aliphatic heterocycles. The Morgan fingerprint density at radius 2 is 2.46 bits per heavy atom. The van der Waals surface area contributed by atoms with Crippen LogP contribution >= 0.6 is 0 Å². The summed E-state index contributed by atoms with van der Waals surface area (Å²) in [4.78, 5) is 10.4. The summed E-state index contributed by atoms with van der Waals surface area (Å²) in [7, 11) is 0. The van der Waals surface area contributed by atoms with Crippen LogP contribution < -0.4 is 5.32 Å². The van der Waals surface area contributed by atoms with E-state index in [-0.39, 0.29) is 5.70 Å². The van der Waals surface area contributed by atoms with Gasteiger partial charge in [-0.2, -0.15) is 0 Å². The molecule has 13 heavy (non-hydrogen) atoms. The number of hydrogen-bond donors (Lipinski definition) is 2. The highest BCUT2D eigenvalue weighted by Gasteiger charge is 2.23. The van der Waals surface area contributed by atoms with E-state index in [2.05, 4.69) is 5.32 Å². The average molecular weight is 180 g/mol. The molecule has 1 fully saturated rings. The smallest absolute Gasteiger partial charge is 0.170 e. The molecule has 0 saturated heterocycles. The maximum Gasteiger partial charge on any atom is 0.170 e. The minimum Gasteiger partial charge on any atom is -0.362 e. The first kappa shape index (κ1) is 8.31. The fourth-order valence-electron chi connectivity index (χ4n) is 1.32. The number of carbonyl (C=O) groups is 1. The van der Waals surface area contributed by atoms with Gasteiger partial charge in [-0.1, -0.05) is 0 Å². The second-order valence-electron chi connectivity index (χ2n) is 3.48. The summed E-state index contributed by atoms with van der Waals surface area (Å²) in [6.45, 7) is 0. The lowest BCUT2D eigenvalue weighted by Crippen LogP contribution is -2.24. The van der Waals surface area contributed by atoms with Crippen LogP contribution in [0, 0.1) is 5.92 Å². The molecule has 0 spiro atoms. The van der Waals surface area contributed by atoms with E-state index in [9.17, 15) is 10.0 Å². The summed E-state index contributed by atoms with van der Waals surface area (Å²) in [5.41, 5.74) is 1.20. The lowest BCUT2D eigenvalue weighted by molar-refractivity contribution is -0.110. The van der Waals surface area contributed by atoms with Gasteiger partial charge in [0.25, 0.3) is 0 Å². The molecule has 4 heteroatoms. The van der Waals surface area contributed by atoms with Crippen LogP contribution in [0.5, 0.6) is 0 Å². The molecule has 0 radical (unpaired) electrons. The predicted molar refractivity (Wildman–Crippen MR) is 46.3 cm³/mol. The zero-order valence-electron chi connectivity index (χ0n) is 7.23. The minimum absolute atomic E-state index is 0.236. The van der Waals surface area contributed by atoms with Crippen molar-refractivity contribution in [3.8, 4) is 0 Å². The molecule has 1 heterocycles. The van der Waals surface area contributed by atoms with Crippen LogP contribution in [0.4, 0.5) is 0 Å². The molecule has 0 atom stereocenters. The Morgan fingerprint density at radius 3 is 3.00 bits per heavy atom. The highest BCUT2D eigenvalue weighted by Crippen LogP contribution is 2.35. The van der Waals surface area contributed by atoms with Crippen molar-refractivity contribution < 1.29 is 10.0 Å². The molecule has 4 nitrogen and oxygen atoms in total. The van der Waals surface area contributed by atoms with Crippen LogP contribution in [-0.4, -0.2) is 16.6 Å². The molecule has 0 aromatic carbocycles. The number of hydrogen-bond acceptors (Lipinski definition) is 4. The van der Waals surface area contributed by atoms with Crippen molar-refractivity contribution in [2.24, 2.45) is 5.92 Å². The van der Waals surface area contributed by atoms with Gasteiger partial charge < -0.3 is 5.32 Å². The van der Waals surface area contributed by atoms with Crippen LogP contribution in [0.25, 0.3) is 0 Å². The number of hydroxylamine groups is 2. The molecular formula is C9H12N2O2. The van der Waals surface area contributed by atoms with Gasteiger partial charge in [-0.15, -0.1) is 0 Å². The quantitative estimate of drug-likeness (QED) is 0.635. The molecule has 0 aromatic rings. The van der Waals surface area contributed by atoms with E-state index in [1.807, 2.05) is 0 Å². The third kappa shape index (κ3) is 1.89. The number of carbonyl (C=O) groups excluding carboxylic acids is 1. The van der Waals surface area contributed by atoms with Crippen molar-refractivity contribution >= 4 is 6.29 Å². The van der Waals surface area contributed by atoms with E-state index >= 15 is 0 Å². The number of nitrogens with one attached hydrogen (secondary N) is 1. The fourth-order valence-corrected chi connectivity index (χ4v) is 1.32. The molecule has 0 unspecified atom stereocenters. The molecule has 2 rings (SSSR count). The largest absolute Gasteiger partial charge is 0.362 e. The summed E-state index contributed by atoms with van der Waals surface area (Å²) < 4.78 is 0. The SMILES string of the molecule is O=CC1=CNC(CC2CC2)=CN1O. The Morgan fingerprint density at radius 1 is 1.69 bits per heavy atom. The lowest BCUT2D eigenvalue weighted by Gasteiger charge is -2.19. The molecular weight excluding hydrogens is 168 g/mol. The summed E-state index contributed by atoms with van der Waals surface area (Å²) in [6, 6.07) is 0. The average Bonchev–Trinajstić information content (AvgIpc) is 2.89. The van der Waals surface area contributed by atoms with Crippen molar-refractivity contribution in [3.63, 3.8) is 0 Å². The first-order valence-electron chi connectivity index (χ1n) is 4.40. The highest BCUT2D eigenvalue weighted by atomic mass is 16.5. The van der Waals surface area contributed by atoms with Crippen LogP contribution in [0.1, 0.15) is 19.3 Å². The molecule has 70 valence electrons. The van der Waals surface area contributed by atoms with Crippen LogP contribution in [0.2, 0.25) is 0 Å². The lowest BCUT2D eigenvalue weighted by atomic mass is 10.2. The van der Waals surface area contributed by atoms with Gasteiger partial charge in [-0.25, -0.2) is 5.06 Å². The van der Waals surface area contributed by atoms with Crippen LogP contribution in [0.3, 0.4) is 0 Å². The van der Waals surface area contributed by atoms with Crippen molar-refractivity contribution in [2.75, 3.05) is 0 Å². The van der Waals surface area contributed by atoms with Gasteiger partial charge in [0.05, 0.1) is 6.20 Å². The third-order valence-electron chi connectivity index (χ3n) is 2.27. The second-order valence-corrected chi connectivity index (χ2v) is 3.48. The van der Waals surface area contributed by atoms with Gasteiger partial charge in [-0.05, 0) is 25.2 Å². The molecule has 0 amide bonds. The Hall–Kier alpha value is -1.29. The maximum absolute atomic E-state index is 10.4. The topological polar surface area (TPSA) is 52.6 Å². The van der Waals surface area contributed by atoms with E-state index in [0.29, 0.717) is 6.29 Å². The molecule has 1 saturated carbocycles. The fraction of sp³-hybridized carbons (Fsp3) is 0.444. The standard InChI is InChI=1S/C9H12N2O2/c12-6-9-4-10-8(5-11(9)13)3-7-1-2-7/h4-7,10,13H,1-3H2. The Balaban J connectivity index is 1.97. The number of rotatable bonds is 3. The normalized spacial score (nSPS) is 21.8. The zero-order chi connectivity index (χ0) is 9.26. The number of nitrogens with zero attached hydrogens (tertiary/aromatic N) is 1. The zero-order valence-corrected chi connectivity index (χ0v) is 7.23. The van der Waals surface area contributed by atoms with E-state index < -0.39 is 0 Å². The van der Waals surface area contributed by atoms with E-state index in [0.717, 1.165) is 23.1 Å². The summed E-state index contributed by atoms with van der Waals surface area (Å²) in [6.07, 6.45) is 7.19. The molecule has 2 aliphatic rings. The number of allylic oxidation sites excluding steroid dienone is 2. The summed E-state index contributed by atoms with van der Waals surface area (Å²) in [5, 5.41) is 13.1. The van der Waals surface area contributed by atoms with Gasteiger partial charge in [-0.3, -0.25) is 10.0 Å². The predicted octanol–water partition coefficient (Wildman–Crippen LogP) is 0.963. The Kier molecular flexibility index (Phi) is 2.06. The number of aldehydes is 1. The van der Waals surface area contributed by atoms with Crippen LogP contribution in [-0.2, 0) is 4.79 Å².